The van der Waals surface area contributed by atoms with Gasteiger partial charge in [-0.1, -0.05) is 73.7 Å². The summed E-state index contributed by atoms with van der Waals surface area (Å²) >= 11 is 0. The first kappa shape index (κ1) is 39.9. The molecule has 57 heavy (non-hydrogen) atoms. The van der Waals surface area contributed by atoms with Gasteiger partial charge in [0.1, 0.15) is 23.9 Å². The molecule has 3 saturated carbocycles. The highest BCUT2D eigenvalue weighted by molar-refractivity contribution is 6.40. The van der Waals surface area contributed by atoms with Gasteiger partial charge in [-0.2, -0.15) is 0 Å². The second-order valence-corrected chi connectivity index (χ2v) is 15.9. The van der Waals surface area contributed by atoms with Gasteiger partial charge >= 0.3 is 17.9 Å². The first-order chi connectivity index (χ1) is 27.1. The number of esters is 3. The highest BCUT2D eigenvalue weighted by Gasteiger charge is 2.76. The summed E-state index contributed by atoms with van der Waals surface area (Å²) in [6, 6.07) is 23.0. The van der Waals surface area contributed by atoms with Gasteiger partial charge in [-0.3, -0.25) is 19.2 Å². The Hall–Kier alpha value is -5.28. The van der Waals surface area contributed by atoms with Crippen LogP contribution in [-0.2, 0) is 38.1 Å². The van der Waals surface area contributed by atoms with Crippen molar-refractivity contribution < 1.29 is 63.0 Å². The number of Topliss-reactive ketones (excluding diaryl/α,β-unsaturated/α-hetero) is 2. The maximum atomic E-state index is 14.6. The van der Waals surface area contributed by atoms with Crippen molar-refractivity contribution in [2.45, 2.75) is 87.8 Å². The third-order valence-corrected chi connectivity index (χ3v) is 12.5. The first-order valence-corrected chi connectivity index (χ1v) is 19.0. The normalized spacial score (nSPS) is 34.0. The van der Waals surface area contributed by atoms with E-state index in [4.69, 9.17) is 18.9 Å². The van der Waals surface area contributed by atoms with E-state index in [0.717, 1.165) is 6.92 Å². The van der Waals surface area contributed by atoms with Crippen molar-refractivity contribution in [3.63, 3.8) is 0 Å². The molecule has 0 radical (unpaired) electrons. The number of hydrogen-bond acceptors (Lipinski definition) is 13. The number of carbonyl (C=O) groups excluding carboxylic acids is 6. The maximum absolute atomic E-state index is 14.6. The fraction of sp³-hybridized carbons (Fsp3) is 0.442. The predicted octanol–water partition coefficient (Wildman–Crippen LogP) is 2.67. The van der Waals surface area contributed by atoms with E-state index in [2.05, 4.69) is 5.32 Å². The molecule has 3 aliphatic carbocycles. The van der Waals surface area contributed by atoms with Crippen molar-refractivity contribution in [1.82, 2.24) is 5.32 Å². The molecule has 14 heteroatoms. The second kappa shape index (κ2) is 15.2. The zero-order chi connectivity index (χ0) is 40.9. The minimum Gasteiger partial charge on any atom is -0.460 e. The molecule has 3 aromatic rings. The molecule has 300 valence electrons. The van der Waals surface area contributed by atoms with Gasteiger partial charge in [0, 0.05) is 37.2 Å². The van der Waals surface area contributed by atoms with E-state index in [0.29, 0.717) is 5.56 Å². The minimum atomic E-state index is -2.25. The van der Waals surface area contributed by atoms with Gasteiger partial charge in [0.15, 0.2) is 11.7 Å². The molecule has 1 aliphatic heterocycles. The smallest absolute Gasteiger partial charge is 0.338 e. The standard InChI is InChI=1S/C43H45NO13/c1-23-28-20-42(53,21-29(23)55-40(52)34(48)32(25-13-7-4-8-14-25)44-38(50)26-15-9-5-10-16-26)37(56-39(51)27-17-11-6-12-18-27)35-41(3,36(49)33(28)47)30(46)19-31-43(35,22-54-31)57-24(2)45/h4-18,23,28-32,34-35,37,46,48,53H,19-22H2,1-3H3,(H,44,50). The Morgan fingerprint density at radius 2 is 1.47 bits per heavy atom. The summed E-state index contributed by atoms with van der Waals surface area (Å²) in [4.78, 5) is 83.0. The number of aliphatic hydroxyl groups is 3. The quantitative estimate of drug-likeness (QED) is 0.140. The van der Waals surface area contributed by atoms with Crippen LogP contribution in [0.4, 0.5) is 0 Å². The number of ketones is 2. The van der Waals surface area contributed by atoms with Crippen LogP contribution in [0.1, 0.15) is 72.4 Å². The van der Waals surface area contributed by atoms with Crippen molar-refractivity contribution in [2.75, 3.05) is 6.61 Å². The van der Waals surface area contributed by atoms with Crippen LogP contribution in [0.25, 0.3) is 0 Å². The van der Waals surface area contributed by atoms with Crippen LogP contribution in [0.3, 0.4) is 0 Å². The zero-order valence-corrected chi connectivity index (χ0v) is 31.6. The first-order valence-electron chi connectivity index (χ1n) is 19.0. The lowest BCUT2D eigenvalue weighted by molar-refractivity contribution is -0.341. The highest BCUT2D eigenvalue weighted by Crippen LogP contribution is 2.61. The molecular weight excluding hydrogens is 738 g/mol. The van der Waals surface area contributed by atoms with Gasteiger partial charge in [-0.15, -0.1) is 0 Å². The topological polar surface area (TPSA) is 212 Å². The van der Waals surface area contributed by atoms with Crippen LogP contribution in [-0.4, -0.2) is 99.0 Å². The lowest BCUT2D eigenvalue weighted by atomic mass is 9.47. The van der Waals surface area contributed by atoms with Gasteiger partial charge in [-0.25, -0.2) is 9.59 Å². The summed E-state index contributed by atoms with van der Waals surface area (Å²) in [6.45, 7) is 3.76. The Morgan fingerprint density at radius 1 is 0.877 bits per heavy atom. The monoisotopic (exact) mass is 783 g/mol. The molecule has 4 aliphatic rings. The van der Waals surface area contributed by atoms with Crippen LogP contribution in [0, 0.1) is 23.2 Å². The number of amides is 1. The summed E-state index contributed by atoms with van der Waals surface area (Å²) in [7, 11) is 0. The number of rotatable bonds is 9. The molecule has 4 N–H and O–H groups in total. The van der Waals surface area contributed by atoms with Crippen LogP contribution in [0.5, 0.6) is 0 Å². The number of ether oxygens (including phenoxy) is 4. The Kier molecular flexibility index (Phi) is 10.7. The molecular formula is C43H45NO13. The molecule has 3 aromatic carbocycles. The largest absolute Gasteiger partial charge is 0.460 e. The van der Waals surface area contributed by atoms with Crippen molar-refractivity contribution >= 4 is 35.4 Å². The third kappa shape index (κ3) is 6.94. The number of nitrogens with one attached hydrogen (secondary N) is 1. The van der Waals surface area contributed by atoms with Crippen molar-refractivity contribution in [2.24, 2.45) is 23.2 Å². The van der Waals surface area contributed by atoms with E-state index in [1.165, 1.54) is 19.1 Å². The van der Waals surface area contributed by atoms with Gasteiger partial charge in [0.2, 0.25) is 11.6 Å². The zero-order valence-electron chi connectivity index (χ0n) is 31.6. The molecule has 1 amide bonds. The fourth-order valence-electron chi connectivity index (χ4n) is 9.38. The van der Waals surface area contributed by atoms with E-state index < -0.39 is 119 Å². The number of fused-ring (bicyclic) bond motifs is 5. The van der Waals surface area contributed by atoms with Gasteiger partial charge < -0.3 is 39.6 Å². The van der Waals surface area contributed by atoms with E-state index in [9.17, 15) is 44.1 Å². The molecule has 0 spiro atoms. The Bertz CT molecular complexity index is 2040. The minimum absolute atomic E-state index is 0.0860. The summed E-state index contributed by atoms with van der Waals surface area (Å²) in [5, 5.41) is 38.9. The average molecular weight is 784 g/mol. The summed E-state index contributed by atoms with van der Waals surface area (Å²) < 4.78 is 23.8. The second-order valence-electron chi connectivity index (χ2n) is 15.9. The summed E-state index contributed by atoms with van der Waals surface area (Å²) in [5.74, 6) is -9.21. The molecule has 7 rings (SSSR count). The lowest BCUT2D eigenvalue weighted by Crippen LogP contribution is -2.80. The molecule has 2 bridgehead atoms. The number of hydrogen-bond donors (Lipinski definition) is 4. The predicted molar refractivity (Wildman–Crippen MR) is 198 cm³/mol. The van der Waals surface area contributed by atoms with E-state index in [1.54, 1.807) is 85.8 Å². The molecule has 12 unspecified atom stereocenters. The van der Waals surface area contributed by atoms with Crippen molar-refractivity contribution in [3.8, 4) is 0 Å². The number of benzene rings is 3. The maximum Gasteiger partial charge on any atom is 0.338 e. The highest BCUT2D eigenvalue weighted by atomic mass is 16.6. The van der Waals surface area contributed by atoms with E-state index in [1.807, 2.05) is 0 Å². The molecule has 0 aromatic heterocycles. The molecule has 14 nitrogen and oxygen atoms in total. The molecule has 12 atom stereocenters. The average Bonchev–Trinajstić information content (AvgIpc) is 3.20. The SMILES string of the molecule is CC(=O)OC12COC1CC(O)C1(C)C(=O)C(=O)C3CC(O)(CC(OC(=O)C(O)C(NC(=O)c4ccccc4)c4ccccc4)C3C)C(OC(=O)c3ccccc3)C21. The third-order valence-electron chi connectivity index (χ3n) is 12.5. The Labute approximate surface area is 328 Å². The number of carbonyl (C=O) groups is 6. The van der Waals surface area contributed by atoms with Crippen LogP contribution >= 0.6 is 0 Å². The summed E-state index contributed by atoms with van der Waals surface area (Å²) in [5.41, 5.74) is -5.27. The summed E-state index contributed by atoms with van der Waals surface area (Å²) in [6.07, 6.45) is -8.71. The van der Waals surface area contributed by atoms with Crippen molar-refractivity contribution in [1.29, 1.82) is 0 Å². The van der Waals surface area contributed by atoms with Gasteiger partial charge in [0.05, 0.1) is 35.6 Å². The molecule has 4 fully saturated rings. The Balaban J connectivity index is 1.28. The van der Waals surface area contributed by atoms with Crippen LogP contribution in [0.15, 0.2) is 91.0 Å². The molecule has 1 saturated heterocycles. The van der Waals surface area contributed by atoms with Crippen molar-refractivity contribution in [3.05, 3.63) is 108 Å². The van der Waals surface area contributed by atoms with Gasteiger partial charge in [0.25, 0.3) is 5.91 Å². The lowest BCUT2D eigenvalue weighted by Gasteiger charge is -2.65. The van der Waals surface area contributed by atoms with Crippen LogP contribution in [0.2, 0.25) is 0 Å². The van der Waals surface area contributed by atoms with Gasteiger partial charge in [-0.05, 0) is 43.2 Å². The van der Waals surface area contributed by atoms with E-state index >= 15 is 0 Å². The number of aliphatic hydroxyl groups excluding tert-OH is 2. The van der Waals surface area contributed by atoms with Crippen LogP contribution < -0.4 is 5.32 Å². The molecule has 1 heterocycles. The Morgan fingerprint density at radius 3 is 2.05 bits per heavy atom. The van der Waals surface area contributed by atoms with E-state index in [-0.39, 0.29) is 24.2 Å². The fourth-order valence-corrected chi connectivity index (χ4v) is 9.38.